The number of halogens is 2. The minimum atomic E-state index is -0.691. The second-order valence-electron chi connectivity index (χ2n) is 5.64. The zero-order chi connectivity index (χ0) is 20.3. The highest BCUT2D eigenvalue weighted by atomic mass is 35.5. The predicted molar refractivity (Wildman–Crippen MR) is 101 cm³/mol. The van der Waals surface area contributed by atoms with Crippen LogP contribution in [0, 0.1) is 15.9 Å². The van der Waals surface area contributed by atoms with Crippen molar-refractivity contribution in [3.8, 4) is 0 Å². The second-order valence-corrected chi connectivity index (χ2v) is 6.05. The molecule has 0 spiro atoms. The molecule has 0 fully saturated rings. The molecule has 0 aliphatic heterocycles. The molecule has 28 heavy (non-hydrogen) atoms. The average molecular weight is 408 g/mol. The summed E-state index contributed by atoms with van der Waals surface area (Å²) in [4.78, 5) is 18.5. The van der Waals surface area contributed by atoms with Crippen LogP contribution in [0.2, 0.25) is 5.02 Å². The summed E-state index contributed by atoms with van der Waals surface area (Å²) < 4.78 is 20.7. The summed E-state index contributed by atoms with van der Waals surface area (Å²) >= 11 is 6.07. The van der Waals surface area contributed by atoms with Crippen molar-refractivity contribution < 1.29 is 14.1 Å². The fraction of sp³-hybridized carbons (Fsp3) is 0.188. The molecule has 3 rings (SSSR count). The number of anilines is 4. The van der Waals surface area contributed by atoms with E-state index in [4.69, 9.17) is 16.3 Å². The van der Waals surface area contributed by atoms with Crippen molar-refractivity contribution in [3.63, 3.8) is 0 Å². The SMILES string of the molecule is COCc1cc(Nc2ncc(Cl)c(Nc3cc([N+](=O)[O-])ccc3F)n2)nn1C. The summed E-state index contributed by atoms with van der Waals surface area (Å²) in [5.41, 5.74) is 0.420. The molecular weight excluding hydrogens is 393 g/mol. The largest absolute Gasteiger partial charge is 0.378 e. The Morgan fingerprint density at radius 2 is 2.14 bits per heavy atom. The number of aromatic nitrogens is 4. The van der Waals surface area contributed by atoms with E-state index in [2.05, 4.69) is 25.7 Å². The number of nitrogens with zero attached hydrogens (tertiary/aromatic N) is 5. The number of methoxy groups -OCH3 is 1. The Morgan fingerprint density at radius 3 is 2.86 bits per heavy atom. The van der Waals surface area contributed by atoms with Crippen LogP contribution in [-0.4, -0.2) is 31.8 Å². The number of nitrogens with one attached hydrogen (secondary N) is 2. The first-order valence-corrected chi connectivity index (χ1v) is 8.27. The van der Waals surface area contributed by atoms with E-state index >= 15 is 0 Å². The molecule has 2 aromatic heterocycles. The quantitative estimate of drug-likeness (QED) is 0.450. The fourth-order valence-corrected chi connectivity index (χ4v) is 2.47. The molecule has 12 heteroatoms. The summed E-state index contributed by atoms with van der Waals surface area (Å²) in [6, 6.07) is 4.86. The van der Waals surface area contributed by atoms with Gasteiger partial charge in [0.2, 0.25) is 5.95 Å². The monoisotopic (exact) mass is 407 g/mol. The summed E-state index contributed by atoms with van der Waals surface area (Å²) in [7, 11) is 3.34. The van der Waals surface area contributed by atoms with Gasteiger partial charge in [0, 0.05) is 32.4 Å². The van der Waals surface area contributed by atoms with Crippen LogP contribution >= 0.6 is 11.6 Å². The summed E-state index contributed by atoms with van der Waals surface area (Å²) in [6.07, 6.45) is 1.31. The zero-order valence-electron chi connectivity index (χ0n) is 14.8. The molecule has 10 nitrogen and oxygen atoms in total. The maximum Gasteiger partial charge on any atom is 0.271 e. The molecule has 0 aliphatic rings. The van der Waals surface area contributed by atoms with Gasteiger partial charge < -0.3 is 15.4 Å². The maximum absolute atomic E-state index is 14.0. The Kier molecular flexibility index (Phi) is 5.66. The van der Waals surface area contributed by atoms with Gasteiger partial charge in [0.05, 0.1) is 29.1 Å². The molecular formula is C16H15ClFN7O3. The van der Waals surface area contributed by atoms with E-state index in [0.29, 0.717) is 12.4 Å². The van der Waals surface area contributed by atoms with Gasteiger partial charge in [-0.3, -0.25) is 14.8 Å². The maximum atomic E-state index is 14.0. The van der Waals surface area contributed by atoms with Gasteiger partial charge >= 0.3 is 0 Å². The van der Waals surface area contributed by atoms with Crippen molar-refractivity contribution in [1.82, 2.24) is 19.7 Å². The van der Waals surface area contributed by atoms with Gasteiger partial charge in [0.25, 0.3) is 5.69 Å². The first kappa shape index (κ1) is 19.5. The lowest BCUT2D eigenvalue weighted by atomic mass is 10.2. The van der Waals surface area contributed by atoms with Crippen LogP contribution < -0.4 is 10.6 Å². The number of nitro benzene ring substituents is 1. The van der Waals surface area contributed by atoms with Gasteiger partial charge in [-0.2, -0.15) is 10.1 Å². The molecule has 0 radical (unpaired) electrons. The molecule has 0 aliphatic carbocycles. The van der Waals surface area contributed by atoms with Gasteiger partial charge in [0.1, 0.15) is 10.8 Å². The van der Waals surface area contributed by atoms with Crippen LogP contribution in [0.3, 0.4) is 0 Å². The third kappa shape index (κ3) is 4.32. The lowest BCUT2D eigenvalue weighted by Gasteiger charge is -2.10. The number of hydrogen-bond donors (Lipinski definition) is 2. The summed E-state index contributed by atoms with van der Waals surface area (Å²) in [5, 5.41) is 20.8. The Morgan fingerprint density at radius 1 is 1.36 bits per heavy atom. The molecule has 3 aromatic rings. The smallest absolute Gasteiger partial charge is 0.271 e. The number of hydrogen-bond acceptors (Lipinski definition) is 8. The highest BCUT2D eigenvalue weighted by Crippen LogP contribution is 2.28. The van der Waals surface area contributed by atoms with Crippen molar-refractivity contribution >= 4 is 40.6 Å². The molecule has 0 bridgehead atoms. The van der Waals surface area contributed by atoms with Crippen molar-refractivity contribution in [3.05, 3.63) is 57.1 Å². The van der Waals surface area contributed by atoms with Crippen molar-refractivity contribution in [2.24, 2.45) is 7.05 Å². The number of nitro groups is 1. The van der Waals surface area contributed by atoms with E-state index in [1.54, 1.807) is 24.9 Å². The third-order valence-electron chi connectivity index (χ3n) is 3.67. The van der Waals surface area contributed by atoms with Gasteiger partial charge in [-0.25, -0.2) is 9.37 Å². The van der Waals surface area contributed by atoms with E-state index in [0.717, 1.165) is 23.9 Å². The van der Waals surface area contributed by atoms with Crippen LogP contribution in [0.5, 0.6) is 0 Å². The highest BCUT2D eigenvalue weighted by molar-refractivity contribution is 6.32. The number of benzene rings is 1. The molecule has 2 N–H and O–H groups in total. The fourth-order valence-electron chi connectivity index (χ4n) is 2.33. The molecule has 0 saturated heterocycles. The van der Waals surface area contributed by atoms with Crippen LogP contribution in [0.1, 0.15) is 5.69 Å². The Labute approximate surface area is 163 Å². The highest BCUT2D eigenvalue weighted by Gasteiger charge is 2.14. The Balaban J connectivity index is 1.85. The first-order valence-electron chi connectivity index (χ1n) is 7.89. The van der Waals surface area contributed by atoms with Crippen molar-refractivity contribution in [1.29, 1.82) is 0 Å². The van der Waals surface area contributed by atoms with Gasteiger partial charge in [-0.15, -0.1) is 0 Å². The molecule has 0 unspecified atom stereocenters. The minimum absolute atomic E-state index is 0.0756. The van der Waals surface area contributed by atoms with E-state index < -0.39 is 10.7 Å². The van der Waals surface area contributed by atoms with Gasteiger partial charge in [0.15, 0.2) is 11.6 Å². The minimum Gasteiger partial charge on any atom is -0.378 e. The number of non-ortho nitro benzene ring substituents is 1. The lowest BCUT2D eigenvalue weighted by Crippen LogP contribution is -2.03. The number of aryl methyl sites for hydroxylation is 1. The van der Waals surface area contributed by atoms with Crippen LogP contribution in [0.25, 0.3) is 0 Å². The molecule has 146 valence electrons. The molecule has 0 atom stereocenters. The van der Waals surface area contributed by atoms with Crippen LogP contribution in [-0.2, 0) is 18.4 Å². The van der Waals surface area contributed by atoms with Crippen molar-refractivity contribution in [2.45, 2.75) is 6.61 Å². The number of ether oxygens (including phenoxy) is 1. The van der Waals surface area contributed by atoms with Gasteiger partial charge in [-0.1, -0.05) is 11.6 Å². The first-order chi connectivity index (χ1) is 13.4. The lowest BCUT2D eigenvalue weighted by molar-refractivity contribution is -0.384. The summed E-state index contributed by atoms with van der Waals surface area (Å²) in [5.74, 6) is 0.0134. The zero-order valence-corrected chi connectivity index (χ0v) is 15.6. The number of rotatable bonds is 7. The van der Waals surface area contributed by atoms with Crippen LogP contribution in [0.4, 0.5) is 33.3 Å². The summed E-state index contributed by atoms with van der Waals surface area (Å²) in [6.45, 7) is 0.380. The molecule has 2 heterocycles. The van der Waals surface area contributed by atoms with Crippen LogP contribution in [0.15, 0.2) is 30.5 Å². The topological polar surface area (TPSA) is 120 Å². The predicted octanol–water partition coefficient (Wildman–Crippen LogP) is 3.54. The second kappa shape index (κ2) is 8.15. The average Bonchev–Trinajstić information content (AvgIpc) is 2.99. The van der Waals surface area contributed by atoms with E-state index in [1.807, 2.05) is 0 Å². The Hall–Kier alpha value is -3.31. The normalized spacial score (nSPS) is 10.7. The van der Waals surface area contributed by atoms with E-state index in [1.165, 1.54) is 6.20 Å². The standard InChI is InChI=1S/C16H15ClFN7O3/c1-24-10(8-28-2)6-14(23-24)21-16-19-7-11(17)15(22-16)20-13-5-9(25(26)27)3-4-12(13)18/h3-7H,8H2,1-2H3,(H2,19,20,21,22,23). The molecule has 0 saturated carbocycles. The van der Waals surface area contributed by atoms with E-state index in [9.17, 15) is 14.5 Å². The van der Waals surface area contributed by atoms with Crippen molar-refractivity contribution in [2.75, 3.05) is 17.7 Å². The Bertz CT molecular complexity index is 1030. The van der Waals surface area contributed by atoms with E-state index in [-0.39, 0.29) is 28.2 Å². The van der Waals surface area contributed by atoms with Gasteiger partial charge in [-0.05, 0) is 6.07 Å². The molecule has 0 amide bonds. The third-order valence-corrected chi connectivity index (χ3v) is 3.94. The molecule has 1 aromatic carbocycles.